The highest BCUT2D eigenvalue weighted by molar-refractivity contribution is 9.10. The number of hydrogen-bond donors (Lipinski definition) is 3. The average molecular weight is 590 g/mol. The average Bonchev–Trinajstić information content (AvgIpc) is 2.96. The predicted octanol–water partition coefficient (Wildman–Crippen LogP) is 6.13. The molecule has 0 aliphatic heterocycles. The summed E-state index contributed by atoms with van der Waals surface area (Å²) >= 11 is 3.38. The van der Waals surface area contributed by atoms with E-state index in [1.54, 1.807) is 18.2 Å². The number of aromatic hydroxyl groups is 2. The van der Waals surface area contributed by atoms with Gasteiger partial charge in [0.15, 0.2) is 0 Å². The molecule has 0 fully saturated rings. The van der Waals surface area contributed by atoms with E-state index in [0.29, 0.717) is 21.2 Å². The normalized spacial score (nSPS) is 11.4. The molecule has 0 bridgehead atoms. The summed E-state index contributed by atoms with van der Waals surface area (Å²) in [5.41, 5.74) is 4.57. The molecule has 0 radical (unpaired) electrons. The fourth-order valence-corrected chi connectivity index (χ4v) is 4.74. The maximum atomic E-state index is 12.5. The van der Waals surface area contributed by atoms with Crippen LogP contribution in [0.25, 0.3) is 11.1 Å². The van der Waals surface area contributed by atoms with Crippen molar-refractivity contribution < 1.29 is 29.3 Å². The van der Waals surface area contributed by atoms with Crippen LogP contribution in [0.3, 0.4) is 0 Å². The van der Waals surface area contributed by atoms with E-state index < -0.39 is 18.1 Å². The molecule has 3 N–H and O–H groups in total. The molecule has 0 aliphatic rings. The second-order valence-electron chi connectivity index (χ2n) is 8.96. The van der Waals surface area contributed by atoms with Crippen molar-refractivity contribution in [2.45, 2.75) is 25.5 Å². The SMILES string of the molecule is COC(=O)[C@H](Cc1cc(Br)c(O)c(Cc2cc(-c3ccccc3)ccc2O)c1)NC(=O)OCc1ccccc1. The van der Waals surface area contributed by atoms with Crippen LogP contribution < -0.4 is 5.32 Å². The number of amides is 1. The number of benzene rings is 4. The van der Waals surface area contributed by atoms with Crippen molar-refractivity contribution >= 4 is 28.0 Å². The van der Waals surface area contributed by atoms with Gasteiger partial charge in [-0.2, -0.15) is 0 Å². The van der Waals surface area contributed by atoms with Gasteiger partial charge in [0, 0.05) is 12.8 Å². The summed E-state index contributed by atoms with van der Waals surface area (Å²) < 4.78 is 10.6. The molecule has 1 atom stereocenters. The Labute approximate surface area is 235 Å². The van der Waals surface area contributed by atoms with Crippen LogP contribution in [0.15, 0.2) is 95.5 Å². The summed E-state index contributed by atoms with van der Waals surface area (Å²) in [5, 5.41) is 23.9. The van der Waals surface area contributed by atoms with Crippen molar-refractivity contribution in [1.29, 1.82) is 0 Å². The minimum atomic E-state index is -1.02. The van der Waals surface area contributed by atoms with Gasteiger partial charge in [0.05, 0.1) is 11.6 Å². The van der Waals surface area contributed by atoms with Crippen LogP contribution in [0.5, 0.6) is 11.5 Å². The number of halogens is 1. The van der Waals surface area contributed by atoms with Gasteiger partial charge >= 0.3 is 12.1 Å². The zero-order valence-electron chi connectivity index (χ0n) is 21.3. The summed E-state index contributed by atoms with van der Waals surface area (Å²) in [6.45, 7) is 0.0566. The number of carbonyl (C=O) groups is 2. The Morgan fingerprint density at radius 3 is 2.23 bits per heavy atom. The molecule has 0 spiro atoms. The van der Waals surface area contributed by atoms with Gasteiger partial charge in [-0.1, -0.05) is 72.8 Å². The number of alkyl carbamates (subject to hydrolysis) is 1. The number of phenolic OH excluding ortho intramolecular Hbond substituents is 2. The molecule has 200 valence electrons. The van der Waals surface area contributed by atoms with Crippen LogP contribution in [0, 0.1) is 0 Å². The molecule has 0 unspecified atom stereocenters. The Hall–Kier alpha value is -4.30. The molecule has 4 aromatic rings. The zero-order chi connectivity index (χ0) is 27.8. The van der Waals surface area contributed by atoms with Crippen molar-refractivity contribution in [2.24, 2.45) is 0 Å². The van der Waals surface area contributed by atoms with Gasteiger partial charge in [-0.3, -0.25) is 0 Å². The van der Waals surface area contributed by atoms with Crippen molar-refractivity contribution in [3.05, 3.63) is 118 Å². The van der Waals surface area contributed by atoms with E-state index in [2.05, 4.69) is 21.2 Å². The van der Waals surface area contributed by atoms with E-state index in [0.717, 1.165) is 16.7 Å². The van der Waals surface area contributed by atoms with Gasteiger partial charge in [-0.05, 0) is 67.5 Å². The van der Waals surface area contributed by atoms with Gasteiger partial charge in [0.25, 0.3) is 0 Å². The molecule has 39 heavy (non-hydrogen) atoms. The topological polar surface area (TPSA) is 105 Å². The van der Waals surface area contributed by atoms with E-state index in [1.165, 1.54) is 7.11 Å². The third-order valence-electron chi connectivity index (χ3n) is 6.20. The van der Waals surface area contributed by atoms with Crippen LogP contribution >= 0.6 is 15.9 Å². The van der Waals surface area contributed by atoms with E-state index in [9.17, 15) is 19.8 Å². The van der Waals surface area contributed by atoms with E-state index in [-0.39, 0.29) is 30.9 Å². The molecule has 0 heterocycles. The first-order valence-corrected chi connectivity index (χ1v) is 13.1. The fraction of sp³-hybridized carbons (Fsp3) is 0.161. The summed E-state index contributed by atoms with van der Waals surface area (Å²) in [4.78, 5) is 24.9. The van der Waals surface area contributed by atoms with E-state index >= 15 is 0 Å². The lowest BCUT2D eigenvalue weighted by atomic mass is 9.95. The smallest absolute Gasteiger partial charge is 0.408 e. The molecule has 7 nitrogen and oxygen atoms in total. The Morgan fingerprint density at radius 2 is 1.54 bits per heavy atom. The third-order valence-corrected chi connectivity index (χ3v) is 6.80. The van der Waals surface area contributed by atoms with Crippen LogP contribution in [-0.4, -0.2) is 35.4 Å². The molecule has 1 amide bonds. The predicted molar refractivity (Wildman–Crippen MR) is 151 cm³/mol. The van der Waals surface area contributed by atoms with E-state index in [4.69, 9.17) is 9.47 Å². The summed E-state index contributed by atoms with van der Waals surface area (Å²) in [6, 6.07) is 26.7. The van der Waals surface area contributed by atoms with Crippen molar-refractivity contribution in [2.75, 3.05) is 7.11 Å². The largest absolute Gasteiger partial charge is 0.508 e. The Bertz CT molecular complexity index is 1440. The van der Waals surface area contributed by atoms with Crippen molar-refractivity contribution in [3.63, 3.8) is 0 Å². The molecule has 0 saturated carbocycles. The number of rotatable bonds is 9. The number of hydrogen-bond acceptors (Lipinski definition) is 6. The summed E-state index contributed by atoms with van der Waals surface area (Å²) in [5.74, 6) is -0.510. The fourth-order valence-electron chi connectivity index (χ4n) is 4.19. The minimum Gasteiger partial charge on any atom is -0.508 e. The van der Waals surface area contributed by atoms with Gasteiger partial charge < -0.3 is 25.0 Å². The van der Waals surface area contributed by atoms with Crippen molar-refractivity contribution in [3.8, 4) is 22.6 Å². The molecule has 0 saturated heterocycles. The van der Waals surface area contributed by atoms with Crippen LogP contribution in [-0.2, 0) is 33.7 Å². The maximum Gasteiger partial charge on any atom is 0.408 e. The second kappa shape index (κ2) is 13.0. The Balaban J connectivity index is 1.52. The molecular formula is C31H28BrNO6. The second-order valence-corrected chi connectivity index (χ2v) is 9.81. The number of methoxy groups -OCH3 is 1. The lowest BCUT2D eigenvalue weighted by molar-refractivity contribution is -0.143. The highest BCUT2D eigenvalue weighted by Crippen LogP contribution is 2.34. The summed E-state index contributed by atoms with van der Waals surface area (Å²) in [6.07, 6.45) is -0.426. The minimum absolute atomic E-state index is 0.0214. The lowest BCUT2D eigenvalue weighted by Gasteiger charge is -2.18. The molecule has 0 aliphatic carbocycles. The number of ether oxygens (including phenoxy) is 2. The first-order chi connectivity index (χ1) is 18.8. The van der Waals surface area contributed by atoms with Crippen LogP contribution in [0.1, 0.15) is 22.3 Å². The van der Waals surface area contributed by atoms with Gasteiger partial charge in [-0.15, -0.1) is 0 Å². The number of carbonyl (C=O) groups excluding carboxylic acids is 2. The third kappa shape index (κ3) is 7.39. The zero-order valence-corrected chi connectivity index (χ0v) is 22.9. The lowest BCUT2D eigenvalue weighted by Crippen LogP contribution is -2.43. The standard InChI is InChI=1S/C31H28BrNO6/c1-38-30(36)27(33-31(37)39-19-20-8-4-2-5-9-20)16-21-14-25(29(35)26(32)15-21)18-24-17-23(12-13-28(24)34)22-10-6-3-7-11-22/h2-15,17,27,34-35H,16,18-19H2,1H3,(H,33,37)/t27-/m0/s1. The Kier molecular flexibility index (Phi) is 9.22. The first kappa shape index (κ1) is 27.7. The Morgan fingerprint density at radius 1 is 0.846 bits per heavy atom. The molecule has 4 aromatic carbocycles. The van der Waals surface area contributed by atoms with Crippen LogP contribution in [0.4, 0.5) is 4.79 Å². The van der Waals surface area contributed by atoms with Gasteiger partial charge in [-0.25, -0.2) is 9.59 Å². The van der Waals surface area contributed by atoms with E-state index in [1.807, 2.05) is 72.8 Å². The maximum absolute atomic E-state index is 12.5. The quantitative estimate of drug-likeness (QED) is 0.203. The molecule has 8 heteroatoms. The first-order valence-electron chi connectivity index (χ1n) is 12.3. The monoisotopic (exact) mass is 589 g/mol. The number of phenols is 2. The van der Waals surface area contributed by atoms with Crippen LogP contribution in [0.2, 0.25) is 0 Å². The molecular weight excluding hydrogens is 562 g/mol. The highest BCUT2D eigenvalue weighted by Gasteiger charge is 2.24. The molecule has 0 aromatic heterocycles. The summed E-state index contributed by atoms with van der Waals surface area (Å²) in [7, 11) is 1.24. The number of nitrogens with one attached hydrogen (secondary N) is 1. The van der Waals surface area contributed by atoms with Gasteiger partial charge in [0.1, 0.15) is 24.1 Å². The molecule has 4 rings (SSSR count). The highest BCUT2D eigenvalue weighted by atomic mass is 79.9. The number of esters is 1. The van der Waals surface area contributed by atoms with Gasteiger partial charge in [0.2, 0.25) is 0 Å². The van der Waals surface area contributed by atoms with Crippen molar-refractivity contribution in [1.82, 2.24) is 5.32 Å².